The maximum atomic E-state index is 13.3. The monoisotopic (exact) mass is 347 g/mol. The molecule has 5 nitrogen and oxygen atoms in total. The number of hydrogen-bond acceptors (Lipinski definition) is 3. The van der Waals surface area contributed by atoms with Crippen molar-refractivity contribution in [1.82, 2.24) is 10.2 Å². The first-order chi connectivity index (χ1) is 10.5. The first kappa shape index (κ1) is 19.3. The molecule has 8 heteroatoms. The van der Waals surface area contributed by atoms with Gasteiger partial charge in [-0.15, -0.1) is 12.4 Å². The molecule has 1 aromatic rings. The Morgan fingerprint density at radius 2 is 2.09 bits per heavy atom. The van der Waals surface area contributed by atoms with Crippen LogP contribution in [-0.4, -0.2) is 50.4 Å². The highest BCUT2D eigenvalue weighted by atomic mass is 35.5. The number of benzene rings is 1. The second-order valence-electron chi connectivity index (χ2n) is 5.29. The summed E-state index contributed by atoms with van der Waals surface area (Å²) in [7, 11) is 3.43. The summed E-state index contributed by atoms with van der Waals surface area (Å²) in [6.07, 6.45) is 0.376. The van der Waals surface area contributed by atoms with Gasteiger partial charge in [0.05, 0.1) is 0 Å². The van der Waals surface area contributed by atoms with Crippen molar-refractivity contribution in [2.45, 2.75) is 6.42 Å². The van der Waals surface area contributed by atoms with E-state index in [-0.39, 0.29) is 29.9 Å². The van der Waals surface area contributed by atoms with Crippen molar-refractivity contribution in [1.29, 1.82) is 0 Å². The zero-order valence-corrected chi connectivity index (χ0v) is 13.8. The van der Waals surface area contributed by atoms with Crippen molar-refractivity contribution in [3.8, 4) is 0 Å². The summed E-state index contributed by atoms with van der Waals surface area (Å²) in [6, 6.07) is 3.30. The third-order valence-electron chi connectivity index (χ3n) is 3.79. The fourth-order valence-corrected chi connectivity index (χ4v) is 2.47. The number of amides is 2. The lowest BCUT2D eigenvalue weighted by Gasteiger charge is -2.21. The summed E-state index contributed by atoms with van der Waals surface area (Å²) in [5.41, 5.74) is 0.275. The Hall–Kier alpha value is -1.73. The van der Waals surface area contributed by atoms with E-state index in [1.165, 1.54) is 15.9 Å². The van der Waals surface area contributed by atoms with E-state index in [1.54, 1.807) is 14.1 Å². The molecule has 1 heterocycles. The molecule has 0 bridgehead atoms. The van der Waals surface area contributed by atoms with Crippen LogP contribution in [0.15, 0.2) is 18.2 Å². The number of carbonyl (C=O) groups excluding carboxylic acids is 2. The van der Waals surface area contributed by atoms with Gasteiger partial charge in [0.2, 0.25) is 11.8 Å². The molecule has 128 valence electrons. The Balaban J connectivity index is 0.00000264. The van der Waals surface area contributed by atoms with E-state index in [0.717, 1.165) is 12.1 Å². The molecule has 0 aromatic heterocycles. The van der Waals surface area contributed by atoms with Crippen molar-refractivity contribution in [3.05, 3.63) is 29.8 Å². The maximum absolute atomic E-state index is 13.3. The molecule has 1 N–H and O–H groups in total. The summed E-state index contributed by atoms with van der Waals surface area (Å²) in [5.74, 6) is -3.34. The lowest BCUT2D eigenvalue weighted by Crippen LogP contribution is -2.40. The largest absolute Gasteiger partial charge is 0.344 e. The lowest BCUT2D eigenvalue weighted by atomic mass is 10.1. The topological polar surface area (TPSA) is 52.7 Å². The predicted molar refractivity (Wildman–Crippen MR) is 85.6 cm³/mol. The Bertz CT molecular complexity index is 586. The summed E-state index contributed by atoms with van der Waals surface area (Å²) >= 11 is 0. The normalized spacial score (nSPS) is 17.1. The summed E-state index contributed by atoms with van der Waals surface area (Å²) in [5, 5.41) is 2.93. The van der Waals surface area contributed by atoms with Gasteiger partial charge in [0.25, 0.3) is 0 Å². The number of nitrogens with one attached hydrogen (secondary N) is 1. The SMILES string of the molecule is CNCCN(C)C(=O)C1CCN(c2ccc(F)c(F)c2)C1=O.Cl. The Morgan fingerprint density at radius 3 is 2.70 bits per heavy atom. The van der Waals surface area contributed by atoms with E-state index in [4.69, 9.17) is 0 Å². The molecule has 0 aliphatic carbocycles. The average Bonchev–Trinajstić information content (AvgIpc) is 2.88. The van der Waals surface area contributed by atoms with Gasteiger partial charge in [0.15, 0.2) is 11.6 Å². The van der Waals surface area contributed by atoms with E-state index in [0.29, 0.717) is 26.1 Å². The molecule has 23 heavy (non-hydrogen) atoms. The molecule has 1 fully saturated rings. The highest BCUT2D eigenvalue weighted by Crippen LogP contribution is 2.27. The van der Waals surface area contributed by atoms with E-state index in [2.05, 4.69) is 5.32 Å². The van der Waals surface area contributed by atoms with Crippen LogP contribution in [0.2, 0.25) is 0 Å². The second-order valence-corrected chi connectivity index (χ2v) is 5.29. The number of hydrogen-bond donors (Lipinski definition) is 1. The zero-order valence-electron chi connectivity index (χ0n) is 13.0. The van der Waals surface area contributed by atoms with Gasteiger partial charge in [0.1, 0.15) is 5.92 Å². The molecule has 0 spiro atoms. The van der Waals surface area contributed by atoms with Crippen molar-refractivity contribution in [3.63, 3.8) is 0 Å². The molecule has 0 saturated carbocycles. The third kappa shape index (κ3) is 4.17. The van der Waals surface area contributed by atoms with Crippen LogP contribution >= 0.6 is 12.4 Å². The van der Waals surface area contributed by atoms with Crippen LogP contribution in [0.4, 0.5) is 14.5 Å². The van der Waals surface area contributed by atoms with Crippen molar-refractivity contribution >= 4 is 29.9 Å². The molecule has 2 rings (SSSR count). The van der Waals surface area contributed by atoms with Crippen LogP contribution in [0.25, 0.3) is 0 Å². The summed E-state index contributed by atoms with van der Waals surface area (Å²) < 4.78 is 26.3. The first-order valence-electron chi connectivity index (χ1n) is 7.11. The van der Waals surface area contributed by atoms with Crippen LogP contribution in [0.1, 0.15) is 6.42 Å². The molecule has 2 amide bonds. The van der Waals surface area contributed by atoms with Gasteiger partial charge in [-0.1, -0.05) is 0 Å². The van der Waals surface area contributed by atoms with Crippen molar-refractivity contribution in [2.24, 2.45) is 5.92 Å². The lowest BCUT2D eigenvalue weighted by molar-refractivity contribution is -0.138. The van der Waals surface area contributed by atoms with Crippen molar-refractivity contribution in [2.75, 3.05) is 38.6 Å². The standard InChI is InChI=1S/C15H19F2N3O2.ClH/c1-18-6-8-19(2)14(21)11-5-7-20(15(11)22)10-3-4-12(16)13(17)9-10;/h3-4,9,11,18H,5-8H2,1-2H3;1H. The average molecular weight is 348 g/mol. The minimum atomic E-state index is -1.01. The molecule has 1 unspecified atom stereocenters. The molecule has 0 radical (unpaired) electrons. The van der Waals surface area contributed by atoms with Crippen LogP contribution in [0, 0.1) is 17.6 Å². The molecular weight excluding hydrogens is 328 g/mol. The molecular formula is C15H20ClF2N3O2. The van der Waals surface area contributed by atoms with Gasteiger partial charge in [-0.2, -0.15) is 0 Å². The van der Waals surface area contributed by atoms with E-state index in [1.807, 2.05) is 0 Å². The Morgan fingerprint density at radius 1 is 1.39 bits per heavy atom. The molecule has 1 saturated heterocycles. The van der Waals surface area contributed by atoms with Crippen LogP contribution < -0.4 is 10.2 Å². The number of nitrogens with zero attached hydrogens (tertiary/aromatic N) is 2. The van der Waals surface area contributed by atoms with Gasteiger partial charge in [0, 0.05) is 38.4 Å². The second kappa shape index (κ2) is 8.21. The van der Waals surface area contributed by atoms with Crippen molar-refractivity contribution < 1.29 is 18.4 Å². The quantitative estimate of drug-likeness (QED) is 0.820. The molecule has 1 atom stereocenters. The van der Waals surface area contributed by atoms with Crippen LogP contribution in [-0.2, 0) is 9.59 Å². The fourth-order valence-electron chi connectivity index (χ4n) is 2.47. The van der Waals surface area contributed by atoms with E-state index >= 15 is 0 Å². The Kier molecular flexibility index (Phi) is 6.90. The number of likely N-dealkylation sites (N-methyl/N-ethyl adjacent to an activating group) is 2. The highest BCUT2D eigenvalue weighted by molar-refractivity contribution is 6.09. The minimum absolute atomic E-state index is 0. The van der Waals surface area contributed by atoms with Gasteiger partial charge >= 0.3 is 0 Å². The summed E-state index contributed by atoms with van der Waals surface area (Å²) in [4.78, 5) is 27.5. The van der Waals surface area contributed by atoms with Crippen LogP contribution in [0.5, 0.6) is 0 Å². The molecule has 1 aromatic carbocycles. The highest BCUT2D eigenvalue weighted by Gasteiger charge is 2.39. The molecule has 1 aliphatic rings. The first-order valence-corrected chi connectivity index (χ1v) is 7.11. The van der Waals surface area contributed by atoms with E-state index < -0.39 is 17.6 Å². The zero-order chi connectivity index (χ0) is 16.3. The van der Waals surface area contributed by atoms with Gasteiger partial charge in [-0.3, -0.25) is 9.59 Å². The number of anilines is 1. The summed E-state index contributed by atoms with van der Waals surface area (Å²) in [6.45, 7) is 1.46. The number of rotatable bonds is 5. The van der Waals surface area contributed by atoms with Crippen LogP contribution in [0.3, 0.4) is 0 Å². The molecule has 1 aliphatic heterocycles. The van der Waals surface area contributed by atoms with Gasteiger partial charge in [-0.25, -0.2) is 8.78 Å². The van der Waals surface area contributed by atoms with E-state index in [9.17, 15) is 18.4 Å². The Labute approximate surface area is 140 Å². The maximum Gasteiger partial charge on any atom is 0.239 e. The smallest absolute Gasteiger partial charge is 0.239 e. The third-order valence-corrected chi connectivity index (χ3v) is 3.79. The predicted octanol–water partition coefficient (Wildman–Crippen LogP) is 1.42. The van der Waals surface area contributed by atoms with Gasteiger partial charge in [-0.05, 0) is 25.6 Å². The minimum Gasteiger partial charge on any atom is -0.344 e. The fraction of sp³-hybridized carbons (Fsp3) is 0.467. The number of carbonyl (C=O) groups is 2. The number of halogens is 3. The van der Waals surface area contributed by atoms with Gasteiger partial charge < -0.3 is 15.1 Å².